The number of hydrogen-bond donors (Lipinski definition) is 0. The van der Waals surface area contributed by atoms with Gasteiger partial charge in [-0.25, -0.2) is 4.98 Å². The Kier molecular flexibility index (Phi) is 8.79. The van der Waals surface area contributed by atoms with Crippen LogP contribution in [0.5, 0.6) is 23.0 Å². The number of fused-ring (bicyclic) bond motifs is 1. The Morgan fingerprint density at radius 3 is 2.20 bits per heavy atom. The maximum atomic E-state index is 6.12. The Labute approximate surface area is 261 Å². The summed E-state index contributed by atoms with van der Waals surface area (Å²) in [5.74, 6) is 3.63. The van der Waals surface area contributed by atoms with E-state index < -0.39 is 0 Å². The normalized spacial score (nSPS) is 11.1. The van der Waals surface area contributed by atoms with Crippen LogP contribution in [0.25, 0.3) is 43.4 Å². The van der Waals surface area contributed by atoms with Gasteiger partial charge in [0.05, 0.1) is 37.6 Å². The molecule has 224 valence electrons. The van der Waals surface area contributed by atoms with Crippen LogP contribution in [0, 0.1) is 13.8 Å². The third kappa shape index (κ3) is 6.40. The molecule has 8 heteroatoms. The van der Waals surface area contributed by atoms with Crippen LogP contribution in [0.4, 0.5) is 0 Å². The van der Waals surface area contributed by atoms with Crippen molar-refractivity contribution in [3.63, 3.8) is 0 Å². The standard InChI is InChI=1S/C36H34N2O5S/c1-23-19-27(21-32(40-4)24(23)2)30-22-33(43-38-30)26-13-16-31(39-3)34(20-26)42-18-8-7-17-41-28-14-11-25(12-15-28)36-37-29-9-5-6-10-35(29)44-36/h5-6,9-16,19-22H,7-8,17-18H2,1-4H3. The van der Waals surface area contributed by atoms with Gasteiger partial charge in [0, 0.05) is 22.8 Å². The van der Waals surface area contributed by atoms with Crippen LogP contribution in [-0.2, 0) is 0 Å². The van der Waals surface area contributed by atoms with Gasteiger partial charge in [0.2, 0.25) is 0 Å². The minimum atomic E-state index is 0.532. The molecule has 6 aromatic rings. The highest BCUT2D eigenvalue weighted by Crippen LogP contribution is 2.36. The fourth-order valence-corrected chi connectivity index (χ4v) is 5.91. The second-order valence-electron chi connectivity index (χ2n) is 10.5. The molecule has 0 unspecified atom stereocenters. The minimum absolute atomic E-state index is 0.532. The second-order valence-corrected chi connectivity index (χ2v) is 11.5. The van der Waals surface area contributed by atoms with E-state index in [2.05, 4.69) is 36.3 Å². The van der Waals surface area contributed by atoms with Gasteiger partial charge in [-0.2, -0.15) is 0 Å². The Morgan fingerprint density at radius 2 is 1.43 bits per heavy atom. The number of aryl methyl sites for hydroxylation is 1. The summed E-state index contributed by atoms with van der Waals surface area (Å²) in [5.41, 5.74) is 6.90. The average Bonchev–Trinajstić information content (AvgIpc) is 3.72. The van der Waals surface area contributed by atoms with E-state index in [1.54, 1.807) is 25.6 Å². The fourth-order valence-electron chi connectivity index (χ4n) is 4.94. The molecule has 0 N–H and O–H groups in total. The topological polar surface area (TPSA) is 75.8 Å². The number of benzene rings is 4. The lowest BCUT2D eigenvalue weighted by molar-refractivity contribution is 0.258. The van der Waals surface area contributed by atoms with E-state index in [4.69, 9.17) is 28.5 Å². The van der Waals surface area contributed by atoms with Crippen LogP contribution in [-0.4, -0.2) is 37.6 Å². The molecule has 0 aliphatic carbocycles. The monoisotopic (exact) mass is 606 g/mol. The SMILES string of the molecule is COc1ccc(-c2cc(-c3cc(C)c(C)c(OC)c3)no2)cc1OCCCCOc1ccc(-c2nc3ccccc3s2)cc1. The number of ether oxygens (including phenoxy) is 4. The Bertz CT molecular complexity index is 1840. The zero-order valence-electron chi connectivity index (χ0n) is 25.3. The van der Waals surface area contributed by atoms with Gasteiger partial charge in [-0.15, -0.1) is 11.3 Å². The number of nitrogens with zero attached hydrogens (tertiary/aromatic N) is 2. The van der Waals surface area contributed by atoms with E-state index in [9.17, 15) is 0 Å². The van der Waals surface area contributed by atoms with E-state index in [0.717, 1.165) is 68.4 Å². The Hall–Kier alpha value is -4.82. The third-order valence-electron chi connectivity index (χ3n) is 7.55. The number of methoxy groups -OCH3 is 2. The lowest BCUT2D eigenvalue weighted by atomic mass is 10.0. The lowest BCUT2D eigenvalue weighted by Gasteiger charge is -2.12. The Morgan fingerprint density at radius 1 is 0.705 bits per heavy atom. The number of unbranched alkanes of at least 4 members (excludes halogenated alkanes) is 1. The molecule has 0 aliphatic heterocycles. The molecule has 0 saturated heterocycles. The van der Waals surface area contributed by atoms with Gasteiger partial charge in [-0.05, 0) is 105 Å². The average molecular weight is 607 g/mol. The van der Waals surface area contributed by atoms with Gasteiger partial charge in [-0.1, -0.05) is 17.3 Å². The zero-order valence-corrected chi connectivity index (χ0v) is 26.1. The van der Waals surface area contributed by atoms with Gasteiger partial charge in [0.15, 0.2) is 17.3 Å². The molecule has 0 aliphatic rings. The van der Waals surface area contributed by atoms with Crippen LogP contribution in [0.3, 0.4) is 0 Å². The molecule has 0 fully saturated rings. The Balaban J connectivity index is 1.02. The molecular weight excluding hydrogens is 572 g/mol. The third-order valence-corrected chi connectivity index (χ3v) is 8.64. The van der Waals surface area contributed by atoms with Crippen LogP contribution in [0.15, 0.2) is 89.5 Å². The van der Waals surface area contributed by atoms with Crippen LogP contribution in [0.1, 0.15) is 24.0 Å². The van der Waals surface area contributed by atoms with Crippen molar-refractivity contribution in [1.82, 2.24) is 10.1 Å². The first kappa shape index (κ1) is 29.3. The zero-order chi connectivity index (χ0) is 30.5. The minimum Gasteiger partial charge on any atom is -0.496 e. The molecular formula is C36H34N2O5S. The molecule has 0 radical (unpaired) electrons. The highest BCUT2D eigenvalue weighted by atomic mass is 32.1. The predicted octanol–water partition coefficient (Wildman–Crippen LogP) is 9.16. The van der Waals surface area contributed by atoms with E-state index in [1.807, 2.05) is 67.6 Å². The molecule has 2 aromatic heterocycles. The summed E-state index contributed by atoms with van der Waals surface area (Å²) >= 11 is 1.70. The molecule has 0 bridgehead atoms. The van der Waals surface area contributed by atoms with Gasteiger partial charge in [0.25, 0.3) is 0 Å². The van der Waals surface area contributed by atoms with Gasteiger partial charge < -0.3 is 23.5 Å². The highest BCUT2D eigenvalue weighted by molar-refractivity contribution is 7.21. The van der Waals surface area contributed by atoms with Crippen LogP contribution < -0.4 is 18.9 Å². The van der Waals surface area contributed by atoms with Crippen molar-refractivity contribution in [3.05, 3.63) is 96.1 Å². The molecule has 44 heavy (non-hydrogen) atoms. The number of aromatic nitrogens is 2. The summed E-state index contributed by atoms with van der Waals surface area (Å²) in [6, 6.07) is 28.1. The van der Waals surface area contributed by atoms with Crippen LogP contribution in [0.2, 0.25) is 0 Å². The number of rotatable bonds is 12. The molecule has 2 heterocycles. The molecule has 6 rings (SSSR count). The van der Waals surface area contributed by atoms with Crippen molar-refractivity contribution in [1.29, 1.82) is 0 Å². The quantitative estimate of drug-likeness (QED) is 0.129. The fraction of sp³-hybridized carbons (Fsp3) is 0.222. The van der Waals surface area contributed by atoms with Gasteiger partial charge >= 0.3 is 0 Å². The molecule has 4 aromatic carbocycles. The largest absolute Gasteiger partial charge is 0.496 e. The molecule has 0 atom stereocenters. The number of thiazole rings is 1. The summed E-state index contributed by atoms with van der Waals surface area (Å²) in [7, 11) is 3.31. The first-order chi connectivity index (χ1) is 21.5. The molecule has 0 saturated carbocycles. The van der Waals surface area contributed by atoms with E-state index >= 15 is 0 Å². The summed E-state index contributed by atoms with van der Waals surface area (Å²) in [4.78, 5) is 4.74. The second kappa shape index (κ2) is 13.2. The van der Waals surface area contributed by atoms with E-state index in [0.29, 0.717) is 30.5 Å². The van der Waals surface area contributed by atoms with Crippen molar-refractivity contribution < 1.29 is 23.5 Å². The maximum absolute atomic E-state index is 6.12. The van der Waals surface area contributed by atoms with Gasteiger partial charge in [0.1, 0.15) is 22.2 Å². The van der Waals surface area contributed by atoms with Gasteiger partial charge in [-0.3, -0.25) is 0 Å². The summed E-state index contributed by atoms with van der Waals surface area (Å²) in [6.45, 7) is 5.24. The first-order valence-corrected chi connectivity index (χ1v) is 15.4. The molecule has 7 nitrogen and oxygen atoms in total. The summed E-state index contributed by atoms with van der Waals surface area (Å²) in [5, 5.41) is 5.33. The maximum Gasteiger partial charge on any atom is 0.167 e. The van der Waals surface area contributed by atoms with Crippen LogP contribution >= 0.6 is 11.3 Å². The summed E-state index contributed by atoms with van der Waals surface area (Å²) in [6.07, 6.45) is 1.69. The van der Waals surface area contributed by atoms with Crippen molar-refractivity contribution in [2.45, 2.75) is 26.7 Å². The smallest absolute Gasteiger partial charge is 0.167 e. The predicted molar refractivity (Wildman–Crippen MR) is 175 cm³/mol. The first-order valence-electron chi connectivity index (χ1n) is 14.5. The van der Waals surface area contributed by atoms with Crippen molar-refractivity contribution in [2.75, 3.05) is 27.4 Å². The van der Waals surface area contributed by atoms with Crippen molar-refractivity contribution in [3.8, 4) is 56.2 Å². The van der Waals surface area contributed by atoms with Crippen molar-refractivity contribution in [2.24, 2.45) is 0 Å². The summed E-state index contributed by atoms with van der Waals surface area (Å²) < 4.78 is 30.1. The van der Waals surface area contributed by atoms with E-state index in [-0.39, 0.29) is 0 Å². The van der Waals surface area contributed by atoms with Crippen molar-refractivity contribution >= 4 is 21.6 Å². The highest BCUT2D eigenvalue weighted by Gasteiger charge is 2.15. The molecule has 0 spiro atoms. The number of hydrogen-bond acceptors (Lipinski definition) is 8. The van der Waals surface area contributed by atoms with E-state index in [1.165, 1.54) is 4.70 Å². The lowest BCUT2D eigenvalue weighted by Crippen LogP contribution is -2.03. The molecule has 0 amide bonds. The number of para-hydroxylation sites is 1.